The zero-order chi connectivity index (χ0) is 21.6. The third-order valence-electron chi connectivity index (χ3n) is 4.79. The van der Waals surface area contributed by atoms with Gasteiger partial charge in [-0.05, 0) is 56.8 Å². The van der Waals surface area contributed by atoms with Gasteiger partial charge in [-0.3, -0.25) is 0 Å². The first-order valence-electron chi connectivity index (χ1n) is 10.3. The number of nitrogens with one attached hydrogen (secondary N) is 2. The second-order valence-electron chi connectivity index (χ2n) is 7.95. The average Bonchev–Trinajstić information content (AvgIpc) is 2.64. The Bertz CT molecular complexity index is 851. The molecule has 1 aromatic carbocycles. The fraction of sp³-hybridized carbons (Fsp3) is 0.545. The molecule has 0 amide bonds. The summed E-state index contributed by atoms with van der Waals surface area (Å²) >= 11 is 0. The van der Waals surface area contributed by atoms with E-state index in [4.69, 9.17) is 5.73 Å². The van der Waals surface area contributed by atoms with Gasteiger partial charge in [-0.2, -0.15) is 0 Å². The average molecular weight is 404 g/mol. The Hall–Kier alpha value is -2.25. The van der Waals surface area contributed by atoms with Crippen LogP contribution in [0.1, 0.15) is 51.7 Å². The second kappa shape index (κ2) is 10.5. The van der Waals surface area contributed by atoms with Gasteiger partial charge in [-0.1, -0.05) is 20.8 Å². The van der Waals surface area contributed by atoms with Gasteiger partial charge in [0.05, 0.1) is 11.1 Å². The van der Waals surface area contributed by atoms with E-state index >= 15 is 0 Å². The van der Waals surface area contributed by atoms with Gasteiger partial charge in [0.15, 0.2) is 0 Å². The van der Waals surface area contributed by atoms with Crippen LogP contribution in [0.25, 0.3) is 10.9 Å². The van der Waals surface area contributed by atoms with Crippen LogP contribution in [0.15, 0.2) is 23.2 Å². The highest BCUT2D eigenvalue weighted by atomic mass is 19.1. The minimum Gasteiger partial charge on any atom is -0.383 e. The highest BCUT2D eigenvalue weighted by molar-refractivity contribution is 6.04. The minimum absolute atomic E-state index is 0.198. The van der Waals surface area contributed by atoms with E-state index in [9.17, 15) is 9.50 Å². The maximum Gasteiger partial charge on any atom is 0.144 e. The molecule has 2 atom stereocenters. The molecule has 1 heterocycles. The molecular formula is C22H34FN5O. The maximum absolute atomic E-state index is 14.0. The molecule has 0 saturated carbocycles. The smallest absolute Gasteiger partial charge is 0.144 e. The Morgan fingerprint density at radius 1 is 1.28 bits per heavy atom. The zero-order valence-electron chi connectivity index (χ0n) is 18.1. The van der Waals surface area contributed by atoms with Crippen LogP contribution in [0, 0.1) is 18.7 Å². The van der Waals surface area contributed by atoms with Crippen molar-refractivity contribution in [3.63, 3.8) is 0 Å². The quantitative estimate of drug-likeness (QED) is 0.359. The molecule has 5 N–H and O–H groups in total. The van der Waals surface area contributed by atoms with Gasteiger partial charge in [0.2, 0.25) is 0 Å². The van der Waals surface area contributed by atoms with Crippen LogP contribution in [-0.4, -0.2) is 41.3 Å². The first-order valence-corrected chi connectivity index (χ1v) is 10.3. The fourth-order valence-corrected chi connectivity index (χ4v) is 3.13. The zero-order valence-corrected chi connectivity index (χ0v) is 18.1. The number of hydrogen-bond acceptors (Lipinski definition) is 5. The normalized spacial score (nSPS) is 14.4. The van der Waals surface area contributed by atoms with Crippen molar-refractivity contribution in [2.45, 2.75) is 59.7 Å². The number of pyridine rings is 1. The lowest BCUT2D eigenvalue weighted by Gasteiger charge is -2.19. The molecule has 2 rings (SSSR count). The van der Waals surface area contributed by atoms with E-state index in [1.165, 1.54) is 6.07 Å². The molecule has 0 aliphatic carbocycles. The highest BCUT2D eigenvalue weighted by Crippen LogP contribution is 2.23. The van der Waals surface area contributed by atoms with Crippen molar-refractivity contribution in [1.29, 1.82) is 0 Å². The molecule has 0 radical (unpaired) electrons. The maximum atomic E-state index is 14.0. The molecule has 2 aromatic rings. The summed E-state index contributed by atoms with van der Waals surface area (Å²) in [6.07, 6.45) is 1.03. The lowest BCUT2D eigenvalue weighted by molar-refractivity contribution is 0.205. The Balaban J connectivity index is 2.28. The first kappa shape index (κ1) is 23.0. The summed E-state index contributed by atoms with van der Waals surface area (Å²) < 4.78 is 14.0. The standard InChI is InChI=1S/C22H34FN5O/c1-6-17(26-12-13(2)3)7-8-25-22-18(21(24)27-15(5)29)10-16-9-14(4)19(23)11-20(16)28-22/h9-11,13,15,17,26,29H,6-8,12H2,1-5H3,(H2,24,27)(H,25,28). The second-order valence-corrected chi connectivity index (χ2v) is 7.95. The van der Waals surface area contributed by atoms with Crippen LogP contribution in [0.4, 0.5) is 10.2 Å². The Morgan fingerprint density at radius 2 is 2.00 bits per heavy atom. The van der Waals surface area contributed by atoms with Crippen molar-refractivity contribution in [3.05, 3.63) is 35.1 Å². The molecule has 0 aliphatic rings. The minimum atomic E-state index is -0.918. The van der Waals surface area contributed by atoms with E-state index in [0.717, 1.165) is 24.8 Å². The van der Waals surface area contributed by atoms with Gasteiger partial charge in [-0.25, -0.2) is 14.4 Å². The van der Waals surface area contributed by atoms with E-state index in [1.54, 1.807) is 19.9 Å². The molecule has 6 nitrogen and oxygen atoms in total. The lowest BCUT2D eigenvalue weighted by atomic mass is 10.1. The summed E-state index contributed by atoms with van der Waals surface area (Å²) in [6, 6.07) is 5.41. The van der Waals surface area contributed by atoms with Crippen LogP contribution in [-0.2, 0) is 0 Å². The SMILES string of the molecule is CCC(CCNc1nc2cc(F)c(C)cc2cc1/C(N)=N/C(C)O)NCC(C)C. The number of aliphatic hydroxyl groups excluding tert-OH is 1. The Kier molecular flexibility index (Phi) is 8.34. The van der Waals surface area contributed by atoms with Crippen molar-refractivity contribution in [3.8, 4) is 0 Å². The van der Waals surface area contributed by atoms with Gasteiger partial charge in [0.1, 0.15) is 23.7 Å². The number of amidine groups is 1. The number of nitrogens with two attached hydrogens (primary N) is 1. The predicted molar refractivity (Wildman–Crippen MR) is 119 cm³/mol. The molecular weight excluding hydrogens is 369 g/mol. The van der Waals surface area contributed by atoms with E-state index in [-0.39, 0.29) is 11.7 Å². The number of aromatic nitrogens is 1. The van der Waals surface area contributed by atoms with Gasteiger partial charge in [0.25, 0.3) is 0 Å². The third-order valence-corrected chi connectivity index (χ3v) is 4.79. The number of benzene rings is 1. The molecule has 0 fully saturated rings. The Labute approximate surface area is 172 Å². The number of rotatable bonds is 10. The number of halogens is 1. The summed E-state index contributed by atoms with van der Waals surface area (Å²) in [7, 11) is 0. The molecule has 0 aliphatic heterocycles. The van der Waals surface area contributed by atoms with Gasteiger partial charge >= 0.3 is 0 Å². The summed E-state index contributed by atoms with van der Waals surface area (Å²) in [5.74, 6) is 1.05. The van der Waals surface area contributed by atoms with E-state index < -0.39 is 6.23 Å². The van der Waals surface area contributed by atoms with Crippen LogP contribution < -0.4 is 16.4 Å². The van der Waals surface area contributed by atoms with Gasteiger partial charge in [-0.15, -0.1) is 0 Å². The number of aliphatic imine (C=N–C) groups is 1. The fourth-order valence-electron chi connectivity index (χ4n) is 3.13. The van der Waals surface area contributed by atoms with E-state index in [1.807, 2.05) is 6.07 Å². The van der Waals surface area contributed by atoms with Crippen LogP contribution in [0.5, 0.6) is 0 Å². The largest absolute Gasteiger partial charge is 0.383 e. The predicted octanol–water partition coefficient (Wildman–Crippen LogP) is 3.55. The molecule has 1 aromatic heterocycles. The molecule has 0 bridgehead atoms. The molecule has 7 heteroatoms. The van der Waals surface area contributed by atoms with Crippen molar-refractivity contribution in [1.82, 2.24) is 10.3 Å². The summed E-state index contributed by atoms with van der Waals surface area (Å²) in [5, 5.41) is 17.3. The first-order chi connectivity index (χ1) is 13.7. The van der Waals surface area contributed by atoms with Crippen molar-refractivity contribution < 1.29 is 9.50 Å². The molecule has 160 valence electrons. The Morgan fingerprint density at radius 3 is 2.62 bits per heavy atom. The number of nitrogens with zero attached hydrogens (tertiary/aromatic N) is 2. The topological polar surface area (TPSA) is 95.6 Å². The monoisotopic (exact) mass is 403 g/mol. The summed E-state index contributed by atoms with van der Waals surface area (Å²) in [4.78, 5) is 8.64. The van der Waals surface area contributed by atoms with Gasteiger partial charge < -0.3 is 21.5 Å². The van der Waals surface area contributed by atoms with Crippen LogP contribution >= 0.6 is 0 Å². The highest BCUT2D eigenvalue weighted by Gasteiger charge is 2.14. The van der Waals surface area contributed by atoms with Gasteiger partial charge in [0, 0.05) is 24.0 Å². The molecule has 0 spiro atoms. The number of aliphatic hydroxyl groups is 1. The number of hydrogen-bond donors (Lipinski definition) is 4. The van der Waals surface area contributed by atoms with Crippen molar-refractivity contribution >= 4 is 22.6 Å². The molecule has 29 heavy (non-hydrogen) atoms. The van der Waals surface area contributed by atoms with Crippen molar-refractivity contribution in [2.24, 2.45) is 16.6 Å². The lowest BCUT2D eigenvalue weighted by Crippen LogP contribution is -2.33. The summed E-state index contributed by atoms with van der Waals surface area (Å²) in [5.41, 5.74) is 7.81. The van der Waals surface area contributed by atoms with E-state index in [2.05, 4.69) is 41.4 Å². The number of anilines is 1. The van der Waals surface area contributed by atoms with Crippen LogP contribution in [0.2, 0.25) is 0 Å². The molecule has 2 unspecified atom stereocenters. The van der Waals surface area contributed by atoms with Crippen molar-refractivity contribution in [2.75, 3.05) is 18.4 Å². The molecule has 0 saturated heterocycles. The van der Waals surface area contributed by atoms with Crippen LogP contribution in [0.3, 0.4) is 0 Å². The third kappa shape index (κ3) is 6.65. The van der Waals surface area contributed by atoms with E-state index in [0.29, 0.717) is 41.0 Å². The summed E-state index contributed by atoms with van der Waals surface area (Å²) in [6.45, 7) is 11.5. The number of fused-ring (bicyclic) bond motifs is 1. The number of aryl methyl sites for hydroxylation is 1.